The van der Waals surface area contributed by atoms with E-state index in [-0.39, 0.29) is 22.8 Å². The minimum absolute atomic E-state index is 0.146. The van der Waals surface area contributed by atoms with Crippen molar-refractivity contribution >= 4 is 52.1 Å². The molecule has 0 atom stereocenters. The topological polar surface area (TPSA) is 70.2 Å². The molecule has 2 aromatic carbocycles. The lowest BCUT2D eigenvalue weighted by molar-refractivity contribution is -0.120. The highest BCUT2D eigenvalue weighted by atomic mass is 35.5. The van der Waals surface area contributed by atoms with Crippen molar-refractivity contribution in [2.75, 3.05) is 10.6 Å². The number of carbonyl (C=O) groups excluding carboxylic acids is 2. The Balaban J connectivity index is 1.99. The first-order valence-electron chi connectivity index (χ1n) is 8.11. The molecule has 0 aromatic heterocycles. The van der Waals surface area contributed by atoms with Gasteiger partial charge in [-0.3, -0.25) is 9.59 Å². The molecule has 0 spiro atoms. The summed E-state index contributed by atoms with van der Waals surface area (Å²) in [4.78, 5) is 24.1. The average Bonchev–Trinajstić information content (AvgIpc) is 2.54. The molecule has 5 nitrogen and oxygen atoms in total. The fourth-order valence-electron chi connectivity index (χ4n) is 2.22. The van der Waals surface area contributed by atoms with Crippen molar-refractivity contribution in [1.29, 1.82) is 0 Å². The smallest absolute Gasteiger partial charge is 0.255 e. The Morgan fingerprint density at radius 2 is 1.69 bits per heavy atom. The summed E-state index contributed by atoms with van der Waals surface area (Å²) >= 11 is 11.1. The molecule has 0 aliphatic rings. The monoisotopic (exact) mass is 389 g/mol. The molecular weight excluding hydrogens is 370 g/mol. The molecule has 2 aromatic rings. The van der Waals surface area contributed by atoms with Gasteiger partial charge in [-0.25, -0.2) is 0 Å². The van der Waals surface area contributed by atoms with E-state index in [0.717, 1.165) is 0 Å². The minimum atomic E-state index is -0.273. The van der Waals surface area contributed by atoms with E-state index in [4.69, 9.17) is 23.8 Å². The molecule has 0 radical (unpaired) electrons. The van der Waals surface area contributed by atoms with Crippen LogP contribution in [0.4, 0.5) is 11.4 Å². The van der Waals surface area contributed by atoms with Crippen LogP contribution in [0.1, 0.15) is 30.6 Å². The third-order valence-corrected chi connectivity index (χ3v) is 3.75. The van der Waals surface area contributed by atoms with Gasteiger partial charge in [0.1, 0.15) is 0 Å². The lowest BCUT2D eigenvalue weighted by Crippen LogP contribution is -2.34. The summed E-state index contributed by atoms with van der Waals surface area (Å²) in [6.07, 6.45) is 0.393. The predicted molar refractivity (Wildman–Crippen MR) is 110 cm³/mol. The Kier molecular flexibility index (Phi) is 7.12. The van der Waals surface area contributed by atoms with Crippen molar-refractivity contribution in [3.63, 3.8) is 0 Å². The van der Waals surface area contributed by atoms with Gasteiger partial charge in [0.15, 0.2) is 5.11 Å². The second-order valence-corrected chi connectivity index (χ2v) is 6.99. The predicted octanol–water partition coefficient (Wildman–Crippen LogP) is 4.45. The number of anilines is 2. The van der Waals surface area contributed by atoms with Gasteiger partial charge in [0.05, 0.1) is 0 Å². The Bertz CT molecular complexity index is 824. The molecular formula is C19H20ClN3O2S. The molecule has 3 N–H and O–H groups in total. The third-order valence-electron chi connectivity index (χ3n) is 3.31. The molecule has 0 saturated carbocycles. The second kappa shape index (κ2) is 9.31. The largest absolute Gasteiger partial charge is 0.332 e. The van der Waals surface area contributed by atoms with Gasteiger partial charge in [-0.15, -0.1) is 0 Å². The van der Waals surface area contributed by atoms with Gasteiger partial charge in [-0.2, -0.15) is 0 Å². The number of hydrogen-bond acceptors (Lipinski definition) is 3. The number of amides is 2. The number of thiocarbonyl (C=S) groups is 1. The van der Waals surface area contributed by atoms with Crippen molar-refractivity contribution in [3.8, 4) is 0 Å². The summed E-state index contributed by atoms with van der Waals surface area (Å²) in [5.41, 5.74) is 1.67. The lowest BCUT2D eigenvalue weighted by atomic mass is 10.1. The molecule has 136 valence electrons. The number of carbonyl (C=O) groups is 2. The fraction of sp³-hybridized carbons (Fsp3) is 0.211. The molecule has 0 heterocycles. The Morgan fingerprint density at radius 1 is 1.04 bits per heavy atom. The van der Waals surface area contributed by atoms with E-state index in [0.29, 0.717) is 28.4 Å². The van der Waals surface area contributed by atoms with Crippen molar-refractivity contribution < 1.29 is 9.59 Å². The summed E-state index contributed by atoms with van der Waals surface area (Å²) < 4.78 is 0. The van der Waals surface area contributed by atoms with Crippen molar-refractivity contribution in [2.24, 2.45) is 5.92 Å². The van der Waals surface area contributed by atoms with Gasteiger partial charge in [0.25, 0.3) is 5.91 Å². The zero-order chi connectivity index (χ0) is 19.1. The number of rotatable bonds is 5. The molecule has 0 bridgehead atoms. The molecule has 0 unspecified atom stereocenters. The molecule has 2 rings (SSSR count). The summed E-state index contributed by atoms with van der Waals surface area (Å²) in [6, 6.07) is 13.7. The van der Waals surface area contributed by atoms with Crippen molar-refractivity contribution in [2.45, 2.75) is 20.3 Å². The van der Waals surface area contributed by atoms with Crippen LogP contribution >= 0.6 is 23.8 Å². The van der Waals surface area contributed by atoms with Gasteiger partial charge in [0, 0.05) is 28.4 Å². The highest BCUT2D eigenvalue weighted by Gasteiger charge is 2.10. The van der Waals surface area contributed by atoms with E-state index in [1.165, 1.54) is 0 Å². The first kappa shape index (κ1) is 19.9. The van der Waals surface area contributed by atoms with Crippen molar-refractivity contribution in [1.82, 2.24) is 5.32 Å². The quantitative estimate of drug-likeness (QED) is 0.660. The molecule has 0 fully saturated rings. The molecule has 0 aliphatic carbocycles. The maximum Gasteiger partial charge on any atom is 0.255 e. The zero-order valence-corrected chi connectivity index (χ0v) is 16.1. The van der Waals surface area contributed by atoms with Crippen LogP contribution in [0, 0.1) is 5.92 Å². The lowest BCUT2D eigenvalue weighted by Gasteiger charge is -2.12. The van der Waals surface area contributed by atoms with E-state index in [2.05, 4.69) is 16.0 Å². The molecule has 2 amide bonds. The average molecular weight is 390 g/mol. The molecule has 0 saturated heterocycles. The molecule has 7 heteroatoms. The van der Waals surface area contributed by atoms with Crippen LogP contribution in [-0.2, 0) is 4.79 Å². The van der Waals surface area contributed by atoms with Crippen LogP contribution in [0.5, 0.6) is 0 Å². The third kappa shape index (κ3) is 6.46. The zero-order valence-electron chi connectivity index (χ0n) is 14.5. The van der Waals surface area contributed by atoms with Crippen LogP contribution in [0.25, 0.3) is 0 Å². The summed E-state index contributed by atoms with van der Waals surface area (Å²) in [5.74, 6) is -0.172. The number of nitrogens with one attached hydrogen (secondary N) is 3. The SMILES string of the molecule is CC(C)CC(=O)NC(=S)Nc1cccc(C(=O)Nc2cccc(Cl)c2)c1. The van der Waals surface area contributed by atoms with Gasteiger partial charge in [0.2, 0.25) is 5.91 Å². The maximum atomic E-state index is 12.4. The summed E-state index contributed by atoms with van der Waals surface area (Å²) in [5, 5.41) is 9.05. The van der Waals surface area contributed by atoms with Gasteiger partial charge in [-0.05, 0) is 54.5 Å². The summed E-state index contributed by atoms with van der Waals surface area (Å²) in [6.45, 7) is 3.91. The molecule has 0 aliphatic heterocycles. The fourth-order valence-corrected chi connectivity index (χ4v) is 2.64. The Morgan fingerprint density at radius 3 is 2.35 bits per heavy atom. The van der Waals surface area contributed by atoms with Crippen LogP contribution in [0.2, 0.25) is 5.02 Å². The van der Waals surface area contributed by atoms with E-state index in [9.17, 15) is 9.59 Å². The standard InChI is InChI=1S/C19H20ClN3O2S/c1-12(2)9-17(24)23-19(26)22-15-7-3-5-13(10-15)18(25)21-16-8-4-6-14(20)11-16/h3-8,10-12H,9H2,1-2H3,(H,21,25)(H2,22,23,24,26). The Hall–Kier alpha value is -2.44. The molecule has 26 heavy (non-hydrogen) atoms. The highest BCUT2D eigenvalue weighted by molar-refractivity contribution is 7.80. The van der Waals surface area contributed by atoms with Gasteiger partial charge < -0.3 is 16.0 Å². The van der Waals surface area contributed by atoms with E-state index in [1.54, 1.807) is 48.5 Å². The van der Waals surface area contributed by atoms with Crippen LogP contribution in [0.15, 0.2) is 48.5 Å². The minimum Gasteiger partial charge on any atom is -0.332 e. The first-order chi connectivity index (χ1) is 12.3. The first-order valence-corrected chi connectivity index (χ1v) is 8.90. The van der Waals surface area contributed by atoms with Gasteiger partial charge in [-0.1, -0.05) is 37.6 Å². The number of benzene rings is 2. The van der Waals surface area contributed by atoms with Crippen LogP contribution in [-0.4, -0.2) is 16.9 Å². The summed E-state index contributed by atoms with van der Waals surface area (Å²) in [7, 11) is 0. The van der Waals surface area contributed by atoms with Crippen LogP contribution < -0.4 is 16.0 Å². The maximum absolute atomic E-state index is 12.4. The number of hydrogen-bond donors (Lipinski definition) is 3. The van der Waals surface area contributed by atoms with Crippen LogP contribution in [0.3, 0.4) is 0 Å². The number of halogens is 1. The Labute approximate surface area is 163 Å². The van der Waals surface area contributed by atoms with Crippen molar-refractivity contribution in [3.05, 3.63) is 59.1 Å². The normalized spacial score (nSPS) is 10.3. The van der Waals surface area contributed by atoms with E-state index < -0.39 is 0 Å². The van der Waals surface area contributed by atoms with E-state index >= 15 is 0 Å². The van der Waals surface area contributed by atoms with E-state index in [1.807, 2.05) is 13.8 Å². The second-order valence-electron chi connectivity index (χ2n) is 6.15. The van der Waals surface area contributed by atoms with Gasteiger partial charge >= 0.3 is 0 Å². The highest BCUT2D eigenvalue weighted by Crippen LogP contribution is 2.17.